The van der Waals surface area contributed by atoms with Crippen LogP contribution in [0.2, 0.25) is 0 Å². The van der Waals surface area contributed by atoms with E-state index in [4.69, 9.17) is 5.73 Å². The molecule has 6 nitrogen and oxygen atoms in total. The van der Waals surface area contributed by atoms with Crippen LogP contribution in [0.4, 0.5) is 5.69 Å². The zero-order valence-electron chi connectivity index (χ0n) is 11.6. The Morgan fingerprint density at radius 2 is 1.95 bits per heavy atom. The molecule has 1 saturated carbocycles. The molecule has 1 aliphatic carbocycles. The lowest BCUT2D eigenvalue weighted by Gasteiger charge is -2.11. The number of H-pyrrole nitrogens is 2. The van der Waals surface area contributed by atoms with E-state index >= 15 is 0 Å². The zero-order chi connectivity index (χ0) is 14.8. The Balaban J connectivity index is 1.67. The fraction of sp³-hybridized carbons (Fsp3) is 0.333. The van der Waals surface area contributed by atoms with Crippen molar-refractivity contribution in [3.63, 3.8) is 0 Å². The van der Waals surface area contributed by atoms with Crippen LogP contribution in [-0.2, 0) is 4.79 Å². The maximum absolute atomic E-state index is 12.1. The quantitative estimate of drug-likeness (QED) is 0.686. The van der Waals surface area contributed by atoms with Gasteiger partial charge in [0.2, 0.25) is 5.91 Å². The van der Waals surface area contributed by atoms with Crippen molar-refractivity contribution in [1.29, 1.82) is 0 Å². The first-order valence-electron chi connectivity index (χ1n) is 7.06. The number of carbonyl (C=O) groups excluding carboxylic acids is 1. The maximum atomic E-state index is 12.1. The molecule has 1 aromatic carbocycles. The molecule has 1 aromatic heterocycles. The van der Waals surface area contributed by atoms with Crippen LogP contribution < -0.4 is 16.6 Å². The molecule has 2 atom stereocenters. The van der Waals surface area contributed by atoms with Gasteiger partial charge in [0.25, 0.3) is 5.56 Å². The van der Waals surface area contributed by atoms with Crippen molar-refractivity contribution in [1.82, 2.24) is 10.2 Å². The molecule has 1 fully saturated rings. The number of nitrogens with one attached hydrogen (secondary N) is 3. The fourth-order valence-electron chi connectivity index (χ4n) is 2.72. The van der Waals surface area contributed by atoms with E-state index < -0.39 is 0 Å². The molecule has 6 heteroatoms. The molecule has 0 aliphatic heterocycles. The molecular weight excluding hydrogens is 268 g/mol. The van der Waals surface area contributed by atoms with E-state index in [9.17, 15) is 9.59 Å². The van der Waals surface area contributed by atoms with Crippen molar-refractivity contribution in [2.24, 2.45) is 11.7 Å². The summed E-state index contributed by atoms with van der Waals surface area (Å²) in [5, 5.41) is 8.20. The number of hydrogen-bond acceptors (Lipinski definition) is 3. The number of aromatic amines is 2. The highest BCUT2D eigenvalue weighted by Gasteiger charge is 2.27. The molecule has 1 amide bonds. The first kappa shape index (κ1) is 13.6. The van der Waals surface area contributed by atoms with Crippen LogP contribution in [0, 0.1) is 5.92 Å². The van der Waals surface area contributed by atoms with Gasteiger partial charge in [-0.25, -0.2) is 0 Å². The van der Waals surface area contributed by atoms with Gasteiger partial charge in [-0.15, -0.1) is 0 Å². The minimum absolute atomic E-state index is 0.0145. The molecule has 0 bridgehead atoms. The van der Waals surface area contributed by atoms with Crippen LogP contribution in [-0.4, -0.2) is 22.1 Å². The SMILES string of the molecule is NC1CCC(C(=O)Nc2ccc(-c3cc(=O)[nH][nH]3)cc2)C1. The highest BCUT2D eigenvalue weighted by Crippen LogP contribution is 2.26. The van der Waals surface area contributed by atoms with Crippen LogP contribution in [0.3, 0.4) is 0 Å². The third-order valence-corrected chi connectivity index (χ3v) is 3.90. The largest absolute Gasteiger partial charge is 0.328 e. The normalized spacial score (nSPS) is 21.4. The van der Waals surface area contributed by atoms with Gasteiger partial charge >= 0.3 is 0 Å². The van der Waals surface area contributed by atoms with Crippen molar-refractivity contribution in [2.75, 3.05) is 5.32 Å². The Bertz CT molecular complexity index is 686. The summed E-state index contributed by atoms with van der Waals surface area (Å²) in [6.45, 7) is 0. The Kier molecular flexibility index (Phi) is 3.62. The number of nitrogens with two attached hydrogens (primary N) is 1. The Morgan fingerprint density at radius 1 is 1.19 bits per heavy atom. The van der Waals surface area contributed by atoms with Gasteiger partial charge < -0.3 is 11.1 Å². The summed E-state index contributed by atoms with van der Waals surface area (Å²) in [5.41, 5.74) is 8.02. The van der Waals surface area contributed by atoms with Gasteiger partial charge in [-0.2, -0.15) is 0 Å². The molecule has 110 valence electrons. The predicted molar refractivity (Wildman–Crippen MR) is 80.8 cm³/mol. The van der Waals surface area contributed by atoms with Crippen molar-refractivity contribution in [3.05, 3.63) is 40.7 Å². The van der Waals surface area contributed by atoms with E-state index in [0.717, 1.165) is 36.2 Å². The summed E-state index contributed by atoms with van der Waals surface area (Å²) in [7, 11) is 0. The van der Waals surface area contributed by atoms with Crippen molar-refractivity contribution >= 4 is 11.6 Å². The first-order chi connectivity index (χ1) is 10.1. The molecule has 3 rings (SSSR count). The monoisotopic (exact) mass is 286 g/mol. The highest BCUT2D eigenvalue weighted by molar-refractivity contribution is 5.93. The predicted octanol–water partition coefficient (Wildman–Crippen LogP) is 1.44. The van der Waals surface area contributed by atoms with Gasteiger partial charge in [0.1, 0.15) is 0 Å². The topological polar surface area (TPSA) is 104 Å². The lowest BCUT2D eigenvalue weighted by atomic mass is 10.1. The minimum Gasteiger partial charge on any atom is -0.328 e. The maximum Gasteiger partial charge on any atom is 0.264 e. The second kappa shape index (κ2) is 5.57. The average molecular weight is 286 g/mol. The Morgan fingerprint density at radius 3 is 2.52 bits per heavy atom. The van der Waals surface area contributed by atoms with Crippen LogP contribution in [0.25, 0.3) is 11.3 Å². The number of hydrogen-bond donors (Lipinski definition) is 4. The van der Waals surface area contributed by atoms with E-state index in [1.807, 2.05) is 24.3 Å². The second-order valence-corrected chi connectivity index (χ2v) is 5.51. The van der Waals surface area contributed by atoms with Crippen LogP contribution >= 0.6 is 0 Å². The van der Waals surface area contributed by atoms with Crippen molar-refractivity contribution in [3.8, 4) is 11.3 Å². The molecule has 2 aromatic rings. The number of aromatic nitrogens is 2. The summed E-state index contributed by atoms with van der Waals surface area (Å²) in [6.07, 6.45) is 2.53. The molecule has 21 heavy (non-hydrogen) atoms. The lowest BCUT2D eigenvalue weighted by molar-refractivity contribution is -0.119. The second-order valence-electron chi connectivity index (χ2n) is 5.51. The average Bonchev–Trinajstić information content (AvgIpc) is 3.08. The molecule has 0 spiro atoms. The molecule has 0 saturated heterocycles. The smallest absolute Gasteiger partial charge is 0.264 e. The Labute approximate surface area is 121 Å². The summed E-state index contributed by atoms with van der Waals surface area (Å²) in [5.74, 6) is 0.0476. The van der Waals surface area contributed by atoms with Crippen molar-refractivity contribution in [2.45, 2.75) is 25.3 Å². The molecular formula is C15H18N4O2. The van der Waals surface area contributed by atoms with Crippen LogP contribution in [0.15, 0.2) is 35.1 Å². The molecule has 2 unspecified atom stereocenters. The first-order valence-corrected chi connectivity index (χ1v) is 7.06. The van der Waals surface area contributed by atoms with E-state index in [2.05, 4.69) is 15.5 Å². The fourth-order valence-corrected chi connectivity index (χ4v) is 2.72. The van der Waals surface area contributed by atoms with E-state index in [1.54, 1.807) is 0 Å². The highest BCUT2D eigenvalue weighted by atomic mass is 16.2. The Hall–Kier alpha value is -2.34. The van der Waals surface area contributed by atoms with Crippen LogP contribution in [0.1, 0.15) is 19.3 Å². The van der Waals surface area contributed by atoms with Gasteiger partial charge in [0, 0.05) is 23.7 Å². The van der Waals surface area contributed by atoms with E-state index in [-0.39, 0.29) is 23.4 Å². The summed E-state index contributed by atoms with van der Waals surface area (Å²) in [4.78, 5) is 23.2. The van der Waals surface area contributed by atoms with Gasteiger partial charge in [0.15, 0.2) is 0 Å². The number of rotatable bonds is 3. The zero-order valence-corrected chi connectivity index (χ0v) is 11.6. The summed E-state index contributed by atoms with van der Waals surface area (Å²) in [6, 6.07) is 9.01. The van der Waals surface area contributed by atoms with E-state index in [0.29, 0.717) is 0 Å². The van der Waals surface area contributed by atoms with E-state index in [1.165, 1.54) is 6.07 Å². The van der Waals surface area contributed by atoms with Gasteiger partial charge in [-0.1, -0.05) is 12.1 Å². The van der Waals surface area contributed by atoms with Gasteiger partial charge in [-0.3, -0.25) is 19.8 Å². The third-order valence-electron chi connectivity index (χ3n) is 3.90. The minimum atomic E-state index is -0.167. The molecule has 1 heterocycles. The standard InChI is InChI=1S/C15H18N4O2/c16-11-4-1-10(7-11)15(21)17-12-5-2-9(3-6-12)13-8-14(20)19-18-13/h2-3,5-6,8,10-11H,1,4,7,16H2,(H,17,21)(H2,18,19,20). The van der Waals surface area contributed by atoms with Gasteiger partial charge in [0.05, 0.1) is 5.69 Å². The van der Waals surface area contributed by atoms with Crippen LogP contribution in [0.5, 0.6) is 0 Å². The molecule has 5 N–H and O–H groups in total. The molecule has 1 aliphatic rings. The number of amides is 1. The summed E-state index contributed by atoms with van der Waals surface area (Å²) >= 11 is 0. The van der Waals surface area contributed by atoms with Gasteiger partial charge in [-0.05, 0) is 37.0 Å². The number of benzene rings is 1. The third kappa shape index (κ3) is 3.05. The number of carbonyl (C=O) groups is 1. The lowest BCUT2D eigenvalue weighted by Crippen LogP contribution is -2.23. The van der Waals surface area contributed by atoms with Crippen molar-refractivity contribution < 1.29 is 4.79 Å². The summed E-state index contributed by atoms with van der Waals surface area (Å²) < 4.78 is 0. The number of anilines is 1. The molecule has 0 radical (unpaired) electrons.